The lowest BCUT2D eigenvalue weighted by molar-refractivity contribution is 0.482. The number of hydrogen-bond donors (Lipinski definition) is 1. The summed E-state index contributed by atoms with van der Waals surface area (Å²) in [6, 6.07) is 11.8. The monoisotopic (exact) mass is 412 g/mol. The number of nitrogens with zero attached hydrogens (tertiary/aromatic N) is 1. The number of H-pyrrole nitrogens is 1. The van der Waals surface area contributed by atoms with Crippen LogP contribution >= 0.6 is 0 Å². The molecule has 6 nitrogen and oxygen atoms in total. The average Bonchev–Trinajstić information content (AvgIpc) is 3.16. The first-order chi connectivity index (χ1) is 13.7. The Morgan fingerprint density at radius 2 is 1.76 bits per heavy atom. The second-order valence-corrected chi connectivity index (χ2v) is 8.73. The molecule has 148 valence electrons. The van der Waals surface area contributed by atoms with E-state index in [0.29, 0.717) is 33.5 Å². The molecular formula is C21H17FN2O4S. The highest BCUT2D eigenvalue weighted by atomic mass is 32.2. The first-order valence-electron chi connectivity index (χ1n) is 8.68. The highest BCUT2D eigenvalue weighted by Gasteiger charge is 2.18. The zero-order chi connectivity index (χ0) is 20.8. The summed E-state index contributed by atoms with van der Waals surface area (Å²) in [5, 5.41) is 0.641. The molecule has 2 aromatic heterocycles. The summed E-state index contributed by atoms with van der Waals surface area (Å²) in [5.41, 5.74) is 1.33. The molecule has 2 heterocycles. The van der Waals surface area contributed by atoms with Crippen molar-refractivity contribution in [3.8, 4) is 22.6 Å². The Bertz CT molecular complexity index is 1390. The van der Waals surface area contributed by atoms with E-state index in [2.05, 4.69) is 4.98 Å². The van der Waals surface area contributed by atoms with Gasteiger partial charge in [0.15, 0.2) is 9.84 Å². The van der Waals surface area contributed by atoms with Crippen LogP contribution in [-0.4, -0.2) is 24.2 Å². The molecular weight excluding hydrogens is 395 g/mol. The van der Waals surface area contributed by atoms with Crippen LogP contribution in [0.2, 0.25) is 0 Å². The predicted molar refractivity (Wildman–Crippen MR) is 109 cm³/mol. The van der Waals surface area contributed by atoms with E-state index in [1.807, 2.05) is 0 Å². The van der Waals surface area contributed by atoms with Crippen LogP contribution in [0.25, 0.3) is 22.0 Å². The molecule has 0 radical (unpaired) electrons. The molecule has 2 aromatic carbocycles. The minimum absolute atomic E-state index is 0.122. The number of aromatic amines is 1. The second-order valence-electron chi connectivity index (χ2n) is 6.71. The molecule has 0 aliphatic carbocycles. The third kappa shape index (κ3) is 3.54. The summed E-state index contributed by atoms with van der Waals surface area (Å²) in [5.74, 6) is 0.386. The number of halogens is 1. The van der Waals surface area contributed by atoms with Crippen molar-refractivity contribution in [3.05, 3.63) is 77.1 Å². The van der Waals surface area contributed by atoms with Crippen molar-refractivity contribution >= 4 is 20.7 Å². The van der Waals surface area contributed by atoms with E-state index in [1.54, 1.807) is 31.6 Å². The molecule has 0 spiro atoms. The number of nitrogens with one attached hydrogen (secondary N) is 1. The van der Waals surface area contributed by atoms with Crippen LogP contribution in [0.3, 0.4) is 0 Å². The Morgan fingerprint density at radius 3 is 2.45 bits per heavy atom. The summed E-state index contributed by atoms with van der Waals surface area (Å²) in [7, 11) is -1.85. The molecule has 1 N–H and O–H groups in total. The number of fused-ring (bicyclic) bond motifs is 1. The van der Waals surface area contributed by atoms with Gasteiger partial charge in [0.05, 0.1) is 4.90 Å². The molecule has 0 aliphatic rings. The number of aromatic nitrogens is 2. The third-order valence-electron chi connectivity index (χ3n) is 4.60. The summed E-state index contributed by atoms with van der Waals surface area (Å²) in [4.78, 5) is 15.4. The molecule has 4 aromatic rings. The highest BCUT2D eigenvalue weighted by Crippen LogP contribution is 2.38. The van der Waals surface area contributed by atoms with E-state index in [9.17, 15) is 17.6 Å². The fourth-order valence-corrected chi connectivity index (χ4v) is 3.80. The van der Waals surface area contributed by atoms with Crippen molar-refractivity contribution in [3.63, 3.8) is 0 Å². The van der Waals surface area contributed by atoms with Crippen molar-refractivity contribution in [1.82, 2.24) is 9.55 Å². The number of ether oxygens (including phenoxy) is 1. The molecule has 8 heteroatoms. The van der Waals surface area contributed by atoms with E-state index in [4.69, 9.17) is 4.74 Å². The third-order valence-corrected chi connectivity index (χ3v) is 5.72. The van der Waals surface area contributed by atoms with Crippen LogP contribution < -0.4 is 10.3 Å². The lowest BCUT2D eigenvalue weighted by Gasteiger charge is -2.14. The Balaban J connectivity index is 1.97. The van der Waals surface area contributed by atoms with Crippen molar-refractivity contribution in [1.29, 1.82) is 0 Å². The maximum absolute atomic E-state index is 13.2. The van der Waals surface area contributed by atoms with Gasteiger partial charge in [-0.3, -0.25) is 4.79 Å². The highest BCUT2D eigenvalue weighted by molar-refractivity contribution is 7.90. The number of benzene rings is 2. The Labute approximate surface area is 166 Å². The largest absolute Gasteiger partial charge is 0.457 e. The number of hydrogen-bond acceptors (Lipinski definition) is 4. The zero-order valence-corrected chi connectivity index (χ0v) is 16.5. The van der Waals surface area contributed by atoms with E-state index in [1.165, 1.54) is 41.0 Å². The molecule has 0 unspecified atom stereocenters. The summed E-state index contributed by atoms with van der Waals surface area (Å²) in [6.07, 6.45) is 4.41. The SMILES string of the molecule is Cn1cc(-c2cc(S(C)(=O)=O)ccc2Oc2ccc(F)cc2)c2cc[nH]c2c1=O. The minimum atomic E-state index is -3.47. The fourth-order valence-electron chi connectivity index (χ4n) is 3.15. The number of aryl methyl sites for hydroxylation is 1. The maximum Gasteiger partial charge on any atom is 0.274 e. The molecule has 0 aliphatic heterocycles. The lowest BCUT2D eigenvalue weighted by Crippen LogP contribution is -2.16. The maximum atomic E-state index is 13.2. The van der Waals surface area contributed by atoms with Crippen LogP contribution in [0.4, 0.5) is 4.39 Å². The first kappa shape index (κ1) is 18.9. The van der Waals surface area contributed by atoms with Crippen LogP contribution in [0.5, 0.6) is 11.5 Å². The minimum Gasteiger partial charge on any atom is -0.457 e. The van der Waals surface area contributed by atoms with Gasteiger partial charge >= 0.3 is 0 Å². The van der Waals surface area contributed by atoms with Crippen LogP contribution in [0.1, 0.15) is 0 Å². The van der Waals surface area contributed by atoms with Crippen molar-refractivity contribution in [2.24, 2.45) is 7.05 Å². The Hall–Kier alpha value is -3.39. The number of sulfone groups is 1. The van der Waals surface area contributed by atoms with Gasteiger partial charge in [-0.15, -0.1) is 0 Å². The van der Waals surface area contributed by atoms with Gasteiger partial charge in [0.2, 0.25) is 0 Å². The van der Waals surface area contributed by atoms with Gasteiger partial charge < -0.3 is 14.3 Å². The summed E-state index contributed by atoms with van der Waals surface area (Å²) < 4.78 is 44.8. The Morgan fingerprint density at radius 1 is 1.03 bits per heavy atom. The van der Waals surface area contributed by atoms with Crippen LogP contribution in [0, 0.1) is 5.82 Å². The van der Waals surface area contributed by atoms with E-state index in [0.717, 1.165) is 6.26 Å². The number of pyridine rings is 1. The first-order valence-corrected chi connectivity index (χ1v) is 10.6. The normalized spacial score (nSPS) is 11.7. The van der Waals surface area contributed by atoms with Gasteiger partial charge in [-0.25, -0.2) is 12.8 Å². The molecule has 0 saturated heterocycles. The molecule has 0 saturated carbocycles. The zero-order valence-electron chi connectivity index (χ0n) is 15.6. The molecule has 0 atom stereocenters. The van der Waals surface area contributed by atoms with Gasteiger partial charge in [-0.2, -0.15) is 0 Å². The van der Waals surface area contributed by atoms with Gasteiger partial charge in [-0.05, 0) is 48.5 Å². The topological polar surface area (TPSA) is 81.2 Å². The van der Waals surface area contributed by atoms with Crippen LogP contribution in [0.15, 0.2) is 70.6 Å². The smallest absolute Gasteiger partial charge is 0.274 e. The van der Waals surface area contributed by atoms with E-state index in [-0.39, 0.29) is 10.5 Å². The average molecular weight is 412 g/mol. The summed E-state index contributed by atoms with van der Waals surface area (Å²) in [6.45, 7) is 0. The molecule has 4 rings (SSSR count). The van der Waals surface area contributed by atoms with Gasteiger partial charge in [0.25, 0.3) is 5.56 Å². The van der Waals surface area contributed by atoms with Crippen molar-refractivity contribution in [2.45, 2.75) is 4.90 Å². The van der Waals surface area contributed by atoms with Crippen molar-refractivity contribution in [2.75, 3.05) is 6.26 Å². The van der Waals surface area contributed by atoms with Gasteiger partial charge in [0, 0.05) is 42.2 Å². The number of rotatable bonds is 4. The second kappa shape index (κ2) is 6.89. The summed E-state index contributed by atoms with van der Waals surface area (Å²) >= 11 is 0. The molecule has 29 heavy (non-hydrogen) atoms. The standard InChI is InChI=1S/C21H17FN2O4S/c1-24-12-18(16-9-10-23-20(16)21(24)25)17-11-15(29(2,26)27)7-8-19(17)28-14-5-3-13(22)4-6-14/h3-12,23H,1-2H3. The molecule has 0 bridgehead atoms. The molecule has 0 fully saturated rings. The van der Waals surface area contributed by atoms with Crippen LogP contribution in [-0.2, 0) is 16.9 Å². The molecule has 0 amide bonds. The lowest BCUT2D eigenvalue weighted by atomic mass is 10.0. The Kier molecular flexibility index (Phi) is 4.50. The fraction of sp³-hybridized carbons (Fsp3) is 0.0952. The van der Waals surface area contributed by atoms with Gasteiger partial charge in [0.1, 0.15) is 22.8 Å². The van der Waals surface area contributed by atoms with E-state index >= 15 is 0 Å². The quantitative estimate of drug-likeness (QED) is 0.552. The van der Waals surface area contributed by atoms with E-state index < -0.39 is 15.7 Å². The predicted octanol–water partition coefficient (Wildman–Crippen LogP) is 3.87. The van der Waals surface area contributed by atoms with Gasteiger partial charge in [-0.1, -0.05) is 0 Å². The van der Waals surface area contributed by atoms with Crippen molar-refractivity contribution < 1.29 is 17.5 Å².